The van der Waals surface area contributed by atoms with E-state index in [0.717, 1.165) is 45.4 Å². The van der Waals surface area contributed by atoms with E-state index in [2.05, 4.69) is 19.8 Å². The number of rotatable bonds is 6. The molecule has 3 rings (SSSR count). The maximum Gasteiger partial charge on any atom is 0.317 e. The van der Waals surface area contributed by atoms with Crippen molar-refractivity contribution in [2.75, 3.05) is 32.7 Å². The lowest BCUT2D eigenvalue weighted by molar-refractivity contribution is 0.166. The molecule has 6 heteroatoms. The summed E-state index contributed by atoms with van der Waals surface area (Å²) in [6.45, 7) is 5.98. The van der Waals surface area contributed by atoms with E-state index in [9.17, 15) is 4.79 Å². The third-order valence-corrected chi connectivity index (χ3v) is 5.27. The van der Waals surface area contributed by atoms with Gasteiger partial charge in [-0.3, -0.25) is 4.90 Å². The number of aryl methyl sites for hydroxylation is 1. The van der Waals surface area contributed by atoms with E-state index in [1.807, 2.05) is 17.4 Å². The van der Waals surface area contributed by atoms with E-state index in [1.165, 1.54) is 38.8 Å². The highest BCUT2D eigenvalue weighted by Gasteiger charge is 2.27. The second-order valence-corrected chi connectivity index (χ2v) is 7.08. The van der Waals surface area contributed by atoms with Gasteiger partial charge in [-0.1, -0.05) is 6.42 Å². The van der Waals surface area contributed by atoms with Crippen LogP contribution < -0.4 is 5.32 Å². The molecule has 2 aliphatic rings. The largest absolute Gasteiger partial charge is 0.338 e. The third kappa shape index (κ3) is 4.97. The van der Waals surface area contributed by atoms with Crippen LogP contribution in [0.1, 0.15) is 44.9 Å². The number of hydrogen-bond acceptors (Lipinski definition) is 3. The Morgan fingerprint density at radius 1 is 1.12 bits per heavy atom. The summed E-state index contributed by atoms with van der Waals surface area (Å²) in [6, 6.07) is 0.700. The number of hydrogen-bond donors (Lipinski definition) is 1. The van der Waals surface area contributed by atoms with Crippen molar-refractivity contribution >= 4 is 6.03 Å². The molecule has 1 atom stereocenters. The van der Waals surface area contributed by atoms with E-state index in [1.54, 1.807) is 6.20 Å². The van der Waals surface area contributed by atoms with Crippen molar-refractivity contribution in [3.05, 3.63) is 18.7 Å². The van der Waals surface area contributed by atoms with Gasteiger partial charge < -0.3 is 14.8 Å². The van der Waals surface area contributed by atoms with Crippen molar-refractivity contribution in [2.24, 2.45) is 0 Å². The monoisotopic (exact) mass is 333 g/mol. The van der Waals surface area contributed by atoms with Crippen LogP contribution in [-0.2, 0) is 6.54 Å². The van der Waals surface area contributed by atoms with E-state index in [0.29, 0.717) is 6.04 Å². The van der Waals surface area contributed by atoms with Crippen LogP contribution in [-0.4, -0.2) is 64.1 Å². The Hall–Kier alpha value is -1.56. The standard InChI is InChI=1S/C18H31N5O/c24-18(20-8-2-4-10-21-14-9-19-16-21)23-13-3-1-7-17(15-23)22-11-5-6-12-22/h9,14,16-17H,1-8,10-13,15H2,(H,20,24)/t17-/m1/s1. The maximum absolute atomic E-state index is 12.5. The summed E-state index contributed by atoms with van der Waals surface area (Å²) in [7, 11) is 0. The SMILES string of the molecule is O=C(NCCCCn1ccnc1)N1CCCC[C@@H](N2CCCC2)C1. The van der Waals surface area contributed by atoms with Crippen LogP contribution in [0.25, 0.3) is 0 Å². The third-order valence-electron chi connectivity index (χ3n) is 5.27. The average molecular weight is 333 g/mol. The average Bonchev–Trinajstić information content (AvgIpc) is 3.25. The molecule has 1 N–H and O–H groups in total. The van der Waals surface area contributed by atoms with E-state index in [4.69, 9.17) is 0 Å². The minimum absolute atomic E-state index is 0.128. The number of carbonyl (C=O) groups excluding carboxylic acids is 1. The van der Waals surface area contributed by atoms with E-state index < -0.39 is 0 Å². The first-order valence-corrected chi connectivity index (χ1v) is 9.55. The zero-order valence-electron chi connectivity index (χ0n) is 14.7. The van der Waals surface area contributed by atoms with Crippen molar-refractivity contribution < 1.29 is 4.79 Å². The predicted octanol–water partition coefficient (Wildman–Crippen LogP) is 2.32. The minimum atomic E-state index is 0.128. The number of amides is 2. The van der Waals surface area contributed by atoms with Gasteiger partial charge in [0.2, 0.25) is 0 Å². The molecule has 1 aromatic heterocycles. The van der Waals surface area contributed by atoms with E-state index >= 15 is 0 Å². The molecule has 2 saturated heterocycles. The summed E-state index contributed by atoms with van der Waals surface area (Å²) in [5, 5.41) is 3.11. The van der Waals surface area contributed by atoms with Crippen LogP contribution in [0.4, 0.5) is 4.79 Å². The van der Waals surface area contributed by atoms with Crippen LogP contribution in [0.5, 0.6) is 0 Å². The molecule has 0 aromatic carbocycles. The first-order valence-electron chi connectivity index (χ1n) is 9.55. The Balaban J connectivity index is 1.36. The second kappa shape index (κ2) is 9.06. The number of nitrogens with one attached hydrogen (secondary N) is 1. The Morgan fingerprint density at radius 2 is 1.96 bits per heavy atom. The topological polar surface area (TPSA) is 53.4 Å². The first-order chi connectivity index (χ1) is 11.8. The van der Waals surface area contributed by atoms with Crippen LogP contribution >= 0.6 is 0 Å². The van der Waals surface area contributed by atoms with E-state index in [-0.39, 0.29) is 6.03 Å². The van der Waals surface area contributed by atoms with Gasteiger partial charge in [0, 0.05) is 44.6 Å². The minimum Gasteiger partial charge on any atom is -0.338 e. The molecule has 2 amide bonds. The molecular formula is C18H31N5O. The molecule has 1 aromatic rings. The molecule has 134 valence electrons. The van der Waals surface area contributed by atoms with Gasteiger partial charge in [-0.05, 0) is 51.6 Å². The van der Waals surface area contributed by atoms with Gasteiger partial charge in [-0.15, -0.1) is 0 Å². The maximum atomic E-state index is 12.5. The molecule has 6 nitrogen and oxygen atoms in total. The summed E-state index contributed by atoms with van der Waals surface area (Å²) in [5.41, 5.74) is 0. The summed E-state index contributed by atoms with van der Waals surface area (Å²) in [6.07, 6.45) is 14.0. The van der Waals surface area contributed by atoms with Gasteiger partial charge in [-0.25, -0.2) is 9.78 Å². The molecule has 0 unspecified atom stereocenters. The zero-order valence-corrected chi connectivity index (χ0v) is 14.7. The molecule has 0 spiro atoms. The highest BCUT2D eigenvalue weighted by molar-refractivity contribution is 5.74. The van der Waals surface area contributed by atoms with Gasteiger partial charge in [-0.2, -0.15) is 0 Å². The Labute approximate surface area is 145 Å². The van der Waals surface area contributed by atoms with Crippen molar-refractivity contribution in [3.8, 4) is 0 Å². The number of likely N-dealkylation sites (tertiary alicyclic amines) is 2. The summed E-state index contributed by atoms with van der Waals surface area (Å²) in [5.74, 6) is 0. The molecule has 3 heterocycles. The Morgan fingerprint density at radius 3 is 2.75 bits per heavy atom. The molecule has 0 radical (unpaired) electrons. The van der Waals surface area contributed by atoms with Crippen LogP contribution in [0, 0.1) is 0 Å². The van der Waals surface area contributed by atoms with Gasteiger partial charge in [0.05, 0.1) is 6.33 Å². The number of urea groups is 1. The molecule has 0 aliphatic carbocycles. The fraction of sp³-hybridized carbons (Fsp3) is 0.778. The summed E-state index contributed by atoms with van der Waals surface area (Å²) >= 11 is 0. The zero-order chi connectivity index (χ0) is 16.6. The van der Waals surface area contributed by atoms with Crippen molar-refractivity contribution in [1.82, 2.24) is 24.7 Å². The number of carbonyl (C=O) groups is 1. The van der Waals surface area contributed by atoms with Gasteiger partial charge in [0.25, 0.3) is 0 Å². The van der Waals surface area contributed by atoms with Crippen molar-refractivity contribution in [1.29, 1.82) is 0 Å². The summed E-state index contributed by atoms with van der Waals surface area (Å²) in [4.78, 5) is 21.2. The Kier molecular flexibility index (Phi) is 6.52. The first kappa shape index (κ1) is 17.3. The summed E-state index contributed by atoms with van der Waals surface area (Å²) < 4.78 is 2.08. The van der Waals surface area contributed by atoms with Crippen LogP contribution in [0.3, 0.4) is 0 Å². The molecule has 0 bridgehead atoms. The smallest absolute Gasteiger partial charge is 0.317 e. The number of unbranched alkanes of at least 4 members (excludes halogenated alkanes) is 1. The van der Waals surface area contributed by atoms with Gasteiger partial charge in [0.15, 0.2) is 0 Å². The molecule has 2 aliphatic heterocycles. The number of nitrogens with zero attached hydrogens (tertiary/aromatic N) is 4. The lowest BCUT2D eigenvalue weighted by Gasteiger charge is -2.30. The highest BCUT2D eigenvalue weighted by Crippen LogP contribution is 2.20. The molecule has 24 heavy (non-hydrogen) atoms. The molecular weight excluding hydrogens is 302 g/mol. The van der Waals surface area contributed by atoms with Crippen LogP contribution in [0.2, 0.25) is 0 Å². The number of imidazole rings is 1. The number of aromatic nitrogens is 2. The fourth-order valence-electron chi connectivity index (χ4n) is 3.85. The lowest BCUT2D eigenvalue weighted by atomic mass is 10.1. The van der Waals surface area contributed by atoms with Crippen molar-refractivity contribution in [2.45, 2.75) is 57.5 Å². The fourth-order valence-corrected chi connectivity index (χ4v) is 3.85. The highest BCUT2D eigenvalue weighted by atomic mass is 16.2. The molecule has 0 saturated carbocycles. The quantitative estimate of drug-likeness (QED) is 0.813. The van der Waals surface area contributed by atoms with Gasteiger partial charge >= 0.3 is 6.03 Å². The Bertz CT molecular complexity index is 484. The van der Waals surface area contributed by atoms with Crippen molar-refractivity contribution in [3.63, 3.8) is 0 Å². The second-order valence-electron chi connectivity index (χ2n) is 7.08. The normalized spacial score (nSPS) is 22.5. The van der Waals surface area contributed by atoms with Gasteiger partial charge in [0.1, 0.15) is 0 Å². The van der Waals surface area contributed by atoms with Crippen LogP contribution in [0.15, 0.2) is 18.7 Å². The lowest BCUT2D eigenvalue weighted by Crippen LogP contribution is -2.47. The molecule has 2 fully saturated rings. The predicted molar refractivity (Wildman–Crippen MR) is 94.9 cm³/mol.